The number of nitrogens with zero attached hydrogens (tertiary/aromatic N) is 2. The second kappa shape index (κ2) is 7.07. The third kappa shape index (κ3) is 3.76. The molecule has 3 rings (SSSR count). The van der Waals surface area contributed by atoms with Crippen molar-refractivity contribution in [2.24, 2.45) is 5.92 Å². The normalized spacial score (nSPS) is 26.9. The van der Waals surface area contributed by atoms with Gasteiger partial charge in [-0.1, -0.05) is 42.5 Å². The zero-order valence-electron chi connectivity index (χ0n) is 12.9. The zero-order valence-corrected chi connectivity index (χ0v) is 12.9. The van der Waals surface area contributed by atoms with Gasteiger partial charge in [0.05, 0.1) is 5.92 Å². The van der Waals surface area contributed by atoms with Crippen molar-refractivity contribution in [3.8, 4) is 0 Å². The predicted octanol–water partition coefficient (Wildman–Crippen LogP) is 2.22. The van der Waals surface area contributed by atoms with Gasteiger partial charge in [0.2, 0.25) is 0 Å². The molecule has 1 unspecified atom stereocenters. The Labute approximate surface area is 132 Å². The van der Waals surface area contributed by atoms with Gasteiger partial charge in [0.25, 0.3) is 0 Å². The Morgan fingerprint density at radius 2 is 1.86 bits per heavy atom. The monoisotopic (exact) mass is 300 g/mol. The quantitative estimate of drug-likeness (QED) is 0.866. The largest absolute Gasteiger partial charge is 0.481 e. The highest BCUT2D eigenvalue weighted by Crippen LogP contribution is 2.24. The maximum atomic E-state index is 11.2. The van der Waals surface area contributed by atoms with Gasteiger partial charge < -0.3 is 5.11 Å². The number of piperazine rings is 1. The number of allylic oxidation sites excluding steroid dienone is 1. The summed E-state index contributed by atoms with van der Waals surface area (Å²) in [5, 5.41) is 9.20. The summed E-state index contributed by atoms with van der Waals surface area (Å²) in [6, 6.07) is 10.9. The maximum Gasteiger partial charge on any atom is 0.306 e. The molecular formula is C18H24N2O2. The summed E-state index contributed by atoms with van der Waals surface area (Å²) < 4.78 is 0. The lowest BCUT2D eigenvalue weighted by Gasteiger charge is -2.40. The average Bonchev–Trinajstić information content (AvgIpc) is 2.56. The van der Waals surface area contributed by atoms with E-state index >= 15 is 0 Å². The zero-order chi connectivity index (χ0) is 15.4. The highest BCUT2D eigenvalue weighted by molar-refractivity contribution is 5.70. The van der Waals surface area contributed by atoms with Crippen LogP contribution in [0, 0.1) is 5.92 Å². The van der Waals surface area contributed by atoms with Gasteiger partial charge in [0, 0.05) is 38.8 Å². The van der Waals surface area contributed by atoms with Crippen LogP contribution in [0.2, 0.25) is 0 Å². The molecule has 0 aromatic heterocycles. The molecular weight excluding hydrogens is 276 g/mol. The van der Waals surface area contributed by atoms with Crippen molar-refractivity contribution in [3.05, 3.63) is 48.0 Å². The van der Waals surface area contributed by atoms with Gasteiger partial charge >= 0.3 is 5.97 Å². The van der Waals surface area contributed by atoms with E-state index < -0.39 is 5.97 Å². The Bertz CT molecular complexity index is 521. The van der Waals surface area contributed by atoms with Crippen LogP contribution in [0.5, 0.6) is 0 Å². The molecule has 0 spiro atoms. The maximum absolute atomic E-state index is 11.2. The van der Waals surface area contributed by atoms with Crippen molar-refractivity contribution in [2.75, 3.05) is 26.2 Å². The van der Waals surface area contributed by atoms with Crippen molar-refractivity contribution >= 4 is 5.97 Å². The summed E-state index contributed by atoms with van der Waals surface area (Å²) in [4.78, 5) is 16.1. The van der Waals surface area contributed by atoms with Gasteiger partial charge in [-0.3, -0.25) is 14.6 Å². The minimum Gasteiger partial charge on any atom is -0.481 e. The van der Waals surface area contributed by atoms with Crippen molar-refractivity contribution < 1.29 is 9.90 Å². The number of hydrogen-bond acceptors (Lipinski definition) is 3. The summed E-state index contributed by atoms with van der Waals surface area (Å²) in [5.41, 5.74) is 1.36. The van der Waals surface area contributed by atoms with E-state index in [2.05, 4.69) is 46.2 Å². The van der Waals surface area contributed by atoms with E-state index in [1.165, 1.54) is 5.56 Å². The van der Waals surface area contributed by atoms with E-state index in [4.69, 9.17) is 0 Å². The molecule has 1 aromatic rings. The van der Waals surface area contributed by atoms with Crippen molar-refractivity contribution in [3.63, 3.8) is 0 Å². The fourth-order valence-electron chi connectivity index (χ4n) is 3.43. The highest BCUT2D eigenvalue weighted by Gasteiger charge is 2.29. The molecule has 1 aromatic carbocycles. The first-order valence-corrected chi connectivity index (χ1v) is 8.12. The van der Waals surface area contributed by atoms with E-state index in [9.17, 15) is 9.90 Å². The number of carboxylic acid groups (broad SMARTS) is 1. The first-order valence-electron chi connectivity index (χ1n) is 8.12. The van der Waals surface area contributed by atoms with Crippen LogP contribution in [0.1, 0.15) is 18.4 Å². The summed E-state index contributed by atoms with van der Waals surface area (Å²) in [5.74, 6) is -0.866. The lowest BCUT2D eigenvalue weighted by Crippen LogP contribution is -2.50. The number of hydrogen-bond donors (Lipinski definition) is 1. The molecule has 0 amide bonds. The molecule has 22 heavy (non-hydrogen) atoms. The fourth-order valence-corrected chi connectivity index (χ4v) is 3.43. The van der Waals surface area contributed by atoms with Crippen LogP contribution in [-0.4, -0.2) is 53.1 Å². The first kappa shape index (κ1) is 15.3. The molecule has 2 aliphatic rings. The molecule has 1 N–H and O–H groups in total. The number of carbonyl (C=O) groups is 1. The molecule has 1 saturated heterocycles. The summed E-state index contributed by atoms with van der Waals surface area (Å²) >= 11 is 0. The number of carboxylic acids is 1. The molecule has 4 nitrogen and oxygen atoms in total. The number of rotatable bonds is 4. The lowest BCUT2D eigenvalue weighted by molar-refractivity contribution is -0.142. The van der Waals surface area contributed by atoms with Crippen LogP contribution < -0.4 is 0 Å². The molecule has 118 valence electrons. The molecule has 1 heterocycles. The van der Waals surface area contributed by atoms with Gasteiger partial charge in [-0.2, -0.15) is 0 Å². The van der Waals surface area contributed by atoms with E-state index in [1.807, 2.05) is 6.08 Å². The van der Waals surface area contributed by atoms with Crippen LogP contribution in [0.25, 0.3) is 0 Å². The molecule has 0 radical (unpaired) electrons. The third-order valence-electron chi connectivity index (χ3n) is 4.78. The molecule has 1 aliphatic carbocycles. The minimum atomic E-state index is -0.655. The van der Waals surface area contributed by atoms with Crippen molar-refractivity contribution in [1.29, 1.82) is 0 Å². The number of aliphatic carboxylic acids is 1. The Morgan fingerprint density at radius 1 is 1.14 bits per heavy atom. The second-order valence-corrected chi connectivity index (χ2v) is 6.30. The van der Waals surface area contributed by atoms with Gasteiger partial charge in [-0.15, -0.1) is 0 Å². The number of benzene rings is 1. The Morgan fingerprint density at radius 3 is 2.55 bits per heavy atom. The topological polar surface area (TPSA) is 43.8 Å². The molecule has 1 fully saturated rings. The van der Waals surface area contributed by atoms with Crippen LogP contribution in [0.15, 0.2) is 42.5 Å². The highest BCUT2D eigenvalue weighted by atomic mass is 16.4. The standard InChI is InChI=1S/C18H24N2O2/c21-18(22)16-7-4-8-17(13-16)20-11-9-19(10-12-20)14-15-5-2-1-3-6-15/h1-6,8,16-17H,7,9-14H2,(H,21,22)/t16?,17-/m0/s1. The van der Waals surface area contributed by atoms with Gasteiger partial charge in [-0.25, -0.2) is 0 Å². The van der Waals surface area contributed by atoms with Crippen molar-refractivity contribution in [2.45, 2.75) is 25.4 Å². The summed E-state index contributed by atoms with van der Waals surface area (Å²) in [7, 11) is 0. The van der Waals surface area contributed by atoms with E-state index in [0.29, 0.717) is 12.5 Å². The SMILES string of the molecule is O=C(O)C1CC=C[C@H](N2CCN(Cc3ccccc3)CC2)C1. The van der Waals surface area contributed by atoms with E-state index in [-0.39, 0.29) is 5.92 Å². The summed E-state index contributed by atoms with van der Waals surface area (Å²) in [6.45, 7) is 5.16. The third-order valence-corrected chi connectivity index (χ3v) is 4.78. The van der Waals surface area contributed by atoms with Crippen LogP contribution >= 0.6 is 0 Å². The van der Waals surface area contributed by atoms with Crippen molar-refractivity contribution in [1.82, 2.24) is 9.80 Å². The first-order chi connectivity index (χ1) is 10.7. The molecule has 0 bridgehead atoms. The van der Waals surface area contributed by atoms with E-state index in [0.717, 1.165) is 39.1 Å². The predicted molar refractivity (Wildman–Crippen MR) is 86.6 cm³/mol. The van der Waals surface area contributed by atoms with Gasteiger partial charge in [-0.05, 0) is 18.4 Å². The molecule has 2 atom stereocenters. The molecule has 0 saturated carbocycles. The second-order valence-electron chi connectivity index (χ2n) is 6.30. The Hall–Kier alpha value is -1.65. The Kier molecular flexibility index (Phi) is 4.90. The van der Waals surface area contributed by atoms with Crippen LogP contribution in [0.3, 0.4) is 0 Å². The summed E-state index contributed by atoms with van der Waals surface area (Å²) in [6.07, 6.45) is 5.68. The smallest absolute Gasteiger partial charge is 0.306 e. The fraction of sp³-hybridized carbons (Fsp3) is 0.500. The van der Waals surface area contributed by atoms with Crippen LogP contribution in [-0.2, 0) is 11.3 Å². The van der Waals surface area contributed by atoms with Gasteiger partial charge in [0.15, 0.2) is 0 Å². The van der Waals surface area contributed by atoms with Crippen LogP contribution in [0.4, 0.5) is 0 Å². The van der Waals surface area contributed by atoms with E-state index in [1.54, 1.807) is 0 Å². The Balaban J connectivity index is 1.50. The lowest BCUT2D eigenvalue weighted by atomic mass is 9.90. The molecule has 4 heteroatoms. The average molecular weight is 300 g/mol. The van der Waals surface area contributed by atoms with Gasteiger partial charge in [0.1, 0.15) is 0 Å². The molecule has 1 aliphatic heterocycles. The minimum absolute atomic E-state index is 0.211.